The van der Waals surface area contributed by atoms with Gasteiger partial charge in [-0.25, -0.2) is 4.39 Å². The maximum Gasteiger partial charge on any atom is 0.123 e. The molecule has 1 aromatic carbocycles. The lowest BCUT2D eigenvalue weighted by atomic mass is 10.2. The van der Waals surface area contributed by atoms with E-state index in [2.05, 4.69) is 5.48 Å². The molecule has 0 saturated carbocycles. The maximum atomic E-state index is 12.5. The highest BCUT2D eigenvalue weighted by Crippen LogP contribution is 2.01. The predicted octanol–water partition coefficient (Wildman–Crippen LogP) is 2.09. The van der Waals surface area contributed by atoms with Crippen LogP contribution in [0.1, 0.15) is 5.56 Å². The summed E-state index contributed by atoms with van der Waals surface area (Å²) < 4.78 is 12.5. The SMILES string of the molecule is Fc1ccc(CNOCCCl)cc1. The first kappa shape index (κ1) is 10.4. The Morgan fingerprint density at radius 2 is 2.00 bits per heavy atom. The minimum Gasteiger partial charge on any atom is -0.300 e. The van der Waals surface area contributed by atoms with Gasteiger partial charge < -0.3 is 4.84 Å². The number of alkyl halides is 1. The Morgan fingerprint density at radius 1 is 1.31 bits per heavy atom. The molecule has 0 amide bonds. The van der Waals surface area contributed by atoms with Crippen LogP contribution in [0.2, 0.25) is 0 Å². The van der Waals surface area contributed by atoms with E-state index >= 15 is 0 Å². The smallest absolute Gasteiger partial charge is 0.123 e. The van der Waals surface area contributed by atoms with Crippen molar-refractivity contribution in [3.63, 3.8) is 0 Å². The molecule has 0 atom stereocenters. The van der Waals surface area contributed by atoms with E-state index in [1.807, 2.05) is 0 Å². The molecule has 1 aromatic rings. The minimum atomic E-state index is -0.231. The molecule has 4 heteroatoms. The zero-order chi connectivity index (χ0) is 9.52. The zero-order valence-electron chi connectivity index (χ0n) is 7.09. The Bertz CT molecular complexity index is 240. The fourth-order valence-electron chi connectivity index (χ4n) is 0.847. The zero-order valence-corrected chi connectivity index (χ0v) is 7.85. The van der Waals surface area contributed by atoms with E-state index < -0.39 is 0 Å². The number of halogens is 2. The van der Waals surface area contributed by atoms with Crippen LogP contribution in [0.15, 0.2) is 24.3 Å². The molecule has 0 heterocycles. The standard InChI is InChI=1S/C9H11ClFNO/c10-5-6-13-12-7-8-1-3-9(11)4-2-8/h1-4,12H,5-7H2. The number of rotatable bonds is 5. The average molecular weight is 204 g/mol. The molecule has 1 N–H and O–H groups in total. The van der Waals surface area contributed by atoms with Crippen LogP contribution in [-0.2, 0) is 11.4 Å². The van der Waals surface area contributed by atoms with E-state index in [-0.39, 0.29) is 5.82 Å². The van der Waals surface area contributed by atoms with Gasteiger partial charge in [0.05, 0.1) is 6.61 Å². The number of benzene rings is 1. The highest BCUT2D eigenvalue weighted by atomic mass is 35.5. The third-order valence-electron chi connectivity index (χ3n) is 1.47. The van der Waals surface area contributed by atoms with Crippen LogP contribution in [0.5, 0.6) is 0 Å². The average Bonchev–Trinajstić information content (AvgIpc) is 2.15. The summed E-state index contributed by atoms with van der Waals surface area (Å²) in [7, 11) is 0. The van der Waals surface area contributed by atoms with Crippen molar-refractivity contribution in [2.24, 2.45) is 0 Å². The van der Waals surface area contributed by atoms with Crippen molar-refractivity contribution in [1.82, 2.24) is 5.48 Å². The molecule has 0 saturated heterocycles. The van der Waals surface area contributed by atoms with Gasteiger partial charge in [0.2, 0.25) is 0 Å². The fourth-order valence-corrected chi connectivity index (χ4v) is 0.925. The molecule has 2 nitrogen and oxygen atoms in total. The summed E-state index contributed by atoms with van der Waals surface area (Å²) in [6.07, 6.45) is 0. The van der Waals surface area contributed by atoms with Gasteiger partial charge >= 0.3 is 0 Å². The van der Waals surface area contributed by atoms with Crippen LogP contribution in [0.25, 0.3) is 0 Å². The van der Waals surface area contributed by atoms with Crippen molar-refractivity contribution in [1.29, 1.82) is 0 Å². The first-order valence-corrected chi connectivity index (χ1v) is 4.51. The van der Waals surface area contributed by atoms with E-state index in [0.717, 1.165) is 5.56 Å². The summed E-state index contributed by atoms with van der Waals surface area (Å²) in [5.41, 5.74) is 3.68. The van der Waals surface area contributed by atoms with Gasteiger partial charge in [-0.05, 0) is 17.7 Å². The summed E-state index contributed by atoms with van der Waals surface area (Å²) in [5.74, 6) is 0.224. The number of nitrogens with one attached hydrogen (secondary N) is 1. The molecule has 0 aromatic heterocycles. The van der Waals surface area contributed by atoms with Crippen molar-refractivity contribution < 1.29 is 9.23 Å². The van der Waals surface area contributed by atoms with Crippen LogP contribution >= 0.6 is 11.6 Å². The van der Waals surface area contributed by atoms with Crippen molar-refractivity contribution in [3.8, 4) is 0 Å². The predicted molar refractivity (Wildman–Crippen MR) is 49.9 cm³/mol. The topological polar surface area (TPSA) is 21.3 Å². The summed E-state index contributed by atoms with van der Waals surface area (Å²) in [6, 6.07) is 6.23. The second-order valence-corrected chi connectivity index (χ2v) is 2.86. The monoisotopic (exact) mass is 203 g/mol. The highest BCUT2D eigenvalue weighted by molar-refractivity contribution is 6.17. The van der Waals surface area contributed by atoms with Crippen molar-refractivity contribution in [2.75, 3.05) is 12.5 Å². The van der Waals surface area contributed by atoms with E-state index in [0.29, 0.717) is 19.0 Å². The molecule has 0 radical (unpaired) electrons. The molecule has 0 aliphatic carbocycles. The van der Waals surface area contributed by atoms with E-state index in [1.165, 1.54) is 12.1 Å². The molecule has 0 aliphatic heterocycles. The Balaban J connectivity index is 2.25. The summed E-state index contributed by atoms with van der Waals surface area (Å²) in [5, 5.41) is 0. The van der Waals surface area contributed by atoms with Crippen molar-refractivity contribution in [3.05, 3.63) is 35.6 Å². The van der Waals surface area contributed by atoms with Gasteiger partial charge in [0.15, 0.2) is 0 Å². The second kappa shape index (κ2) is 5.91. The highest BCUT2D eigenvalue weighted by Gasteiger charge is 1.92. The number of hydrogen-bond donors (Lipinski definition) is 1. The maximum absolute atomic E-state index is 12.5. The molecule has 1 rings (SSSR count). The minimum absolute atomic E-state index is 0.231. The lowest BCUT2D eigenvalue weighted by Crippen LogP contribution is -2.15. The molecule has 0 spiro atoms. The molecular formula is C9H11ClFNO. The number of hydroxylamine groups is 1. The van der Waals surface area contributed by atoms with Gasteiger partial charge in [0, 0.05) is 12.4 Å². The Morgan fingerprint density at radius 3 is 2.62 bits per heavy atom. The lowest BCUT2D eigenvalue weighted by Gasteiger charge is -2.03. The normalized spacial score (nSPS) is 10.3. The van der Waals surface area contributed by atoms with Gasteiger partial charge in [-0.2, -0.15) is 5.48 Å². The molecule has 0 fully saturated rings. The summed E-state index contributed by atoms with van der Waals surface area (Å²) in [4.78, 5) is 4.94. The van der Waals surface area contributed by atoms with Gasteiger partial charge in [0.1, 0.15) is 5.82 Å². The third-order valence-corrected chi connectivity index (χ3v) is 1.63. The van der Waals surface area contributed by atoms with Crippen LogP contribution in [0.4, 0.5) is 4.39 Å². The van der Waals surface area contributed by atoms with Crippen molar-refractivity contribution in [2.45, 2.75) is 6.54 Å². The Kier molecular flexibility index (Phi) is 4.75. The quantitative estimate of drug-likeness (QED) is 0.450. The van der Waals surface area contributed by atoms with Crippen LogP contribution in [0, 0.1) is 5.82 Å². The Labute approximate surface area is 81.6 Å². The lowest BCUT2D eigenvalue weighted by molar-refractivity contribution is 0.0477. The van der Waals surface area contributed by atoms with Crippen LogP contribution < -0.4 is 5.48 Å². The fraction of sp³-hybridized carbons (Fsp3) is 0.333. The summed E-state index contributed by atoms with van der Waals surface area (Å²) in [6.45, 7) is 1.01. The van der Waals surface area contributed by atoms with Gasteiger partial charge in [-0.1, -0.05) is 12.1 Å². The largest absolute Gasteiger partial charge is 0.300 e. The van der Waals surface area contributed by atoms with Gasteiger partial charge in [-0.15, -0.1) is 11.6 Å². The molecule has 0 unspecified atom stereocenters. The van der Waals surface area contributed by atoms with Gasteiger partial charge in [0.25, 0.3) is 0 Å². The van der Waals surface area contributed by atoms with Crippen LogP contribution in [-0.4, -0.2) is 12.5 Å². The molecule has 13 heavy (non-hydrogen) atoms. The van der Waals surface area contributed by atoms with Crippen molar-refractivity contribution >= 4 is 11.6 Å². The number of hydrogen-bond acceptors (Lipinski definition) is 2. The molecule has 0 bridgehead atoms. The van der Waals surface area contributed by atoms with Gasteiger partial charge in [-0.3, -0.25) is 0 Å². The van der Waals surface area contributed by atoms with E-state index in [9.17, 15) is 4.39 Å². The van der Waals surface area contributed by atoms with E-state index in [1.54, 1.807) is 12.1 Å². The Hall–Kier alpha value is -0.640. The van der Waals surface area contributed by atoms with E-state index in [4.69, 9.17) is 16.4 Å². The molecule has 0 aliphatic rings. The first-order chi connectivity index (χ1) is 6.33. The van der Waals surface area contributed by atoms with Crippen LogP contribution in [0.3, 0.4) is 0 Å². The first-order valence-electron chi connectivity index (χ1n) is 3.98. The molecular weight excluding hydrogens is 193 g/mol. The third kappa shape index (κ3) is 4.22. The second-order valence-electron chi connectivity index (χ2n) is 2.49. The molecule has 72 valence electrons. The summed E-state index contributed by atoms with van der Waals surface area (Å²) >= 11 is 5.39.